The van der Waals surface area contributed by atoms with E-state index in [1.807, 2.05) is 20.8 Å². The summed E-state index contributed by atoms with van der Waals surface area (Å²) in [4.78, 5) is 4.58. The lowest BCUT2D eigenvalue weighted by Crippen LogP contribution is -2.50. The van der Waals surface area contributed by atoms with Gasteiger partial charge >= 0.3 is 0 Å². The molecule has 0 aromatic heterocycles. The Morgan fingerprint density at radius 1 is 1.27 bits per heavy atom. The van der Waals surface area contributed by atoms with Crippen molar-refractivity contribution in [3.63, 3.8) is 0 Å². The number of halogens is 2. The van der Waals surface area contributed by atoms with E-state index < -0.39 is 10.0 Å². The molecular weight excluding hydrogens is 522 g/mol. The molecule has 7 nitrogen and oxygen atoms in total. The Bertz CT molecular complexity index is 754. The first-order valence-corrected chi connectivity index (χ1v) is 11.9. The van der Waals surface area contributed by atoms with Gasteiger partial charge in [0.15, 0.2) is 5.96 Å². The Kier molecular flexibility index (Phi) is 11.9. The summed E-state index contributed by atoms with van der Waals surface area (Å²) >= 11 is 0. The second-order valence-corrected chi connectivity index (χ2v) is 9.32. The summed E-state index contributed by atoms with van der Waals surface area (Å²) < 4.78 is 44.7. The third kappa shape index (κ3) is 8.93. The van der Waals surface area contributed by atoms with Crippen molar-refractivity contribution in [2.75, 3.05) is 31.9 Å². The normalized spacial score (nSPS) is 17.1. The van der Waals surface area contributed by atoms with Crippen molar-refractivity contribution in [3.8, 4) is 5.75 Å². The van der Waals surface area contributed by atoms with Crippen LogP contribution in [0, 0.1) is 5.82 Å². The van der Waals surface area contributed by atoms with Gasteiger partial charge in [-0.1, -0.05) is 6.92 Å². The third-order valence-corrected chi connectivity index (χ3v) is 6.73. The molecule has 2 N–H and O–H groups in total. The van der Waals surface area contributed by atoms with Crippen LogP contribution in [0.3, 0.4) is 0 Å². The maximum absolute atomic E-state index is 13.0. The zero-order valence-electron chi connectivity index (χ0n) is 17.9. The molecule has 0 saturated carbocycles. The molecule has 0 aliphatic carbocycles. The fourth-order valence-corrected chi connectivity index (χ4v) is 4.72. The summed E-state index contributed by atoms with van der Waals surface area (Å²) in [5.74, 6) is 1.21. The van der Waals surface area contributed by atoms with E-state index in [0.717, 1.165) is 19.4 Å². The monoisotopic (exact) mass is 556 g/mol. The molecule has 30 heavy (non-hydrogen) atoms. The molecule has 0 radical (unpaired) electrons. The van der Waals surface area contributed by atoms with Crippen LogP contribution in [0.5, 0.6) is 5.75 Å². The lowest BCUT2D eigenvalue weighted by atomic mass is 10.1. The molecule has 1 aromatic carbocycles. The fraction of sp³-hybridized carbons (Fsp3) is 0.650. The molecule has 0 amide bonds. The second kappa shape index (κ2) is 13.3. The van der Waals surface area contributed by atoms with Gasteiger partial charge in [-0.25, -0.2) is 22.1 Å². The number of piperidine rings is 1. The Balaban J connectivity index is 0.00000450. The Hall–Kier alpha value is -1.14. The summed E-state index contributed by atoms with van der Waals surface area (Å²) in [5.41, 5.74) is 0. The zero-order chi connectivity index (χ0) is 21.3. The minimum absolute atomic E-state index is 0. The maximum atomic E-state index is 13.0. The highest BCUT2D eigenvalue weighted by molar-refractivity contribution is 14.0. The number of aliphatic imine (C=N–C) groups is 1. The largest absolute Gasteiger partial charge is 0.489 e. The summed E-state index contributed by atoms with van der Waals surface area (Å²) in [6, 6.07) is 6.10. The smallest absolute Gasteiger partial charge is 0.214 e. The molecule has 1 fully saturated rings. The number of guanidine groups is 1. The van der Waals surface area contributed by atoms with Crippen molar-refractivity contribution in [2.45, 2.75) is 52.2 Å². The van der Waals surface area contributed by atoms with E-state index in [4.69, 9.17) is 4.74 Å². The maximum Gasteiger partial charge on any atom is 0.214 e. The Labute approximate surface area is 196 Å². The molecule has 0 spiro atoms. The van der Waals surface area contributed by atoms with Gasteiger partial charge in [0.1, 0.15) is 17.7 Å². The lowest BCUT2D eigenvalue weighted by Gasteiger charge is -2.32. The molecule has 172 valence electrons. The number of ether oxygens (including phenoxy) is 1. The van der Waals surface area contributed by atoms with Gasteiger partial charge in [0, 0.05) is 25.7 Å². The molecule has 1 aliphatic heterocycles. The van der Waals surface area contributed by atoms with Crippen LogP contribution >= 0.6 is 24.0 Å². The molecule has 10 heteroatoms. The van der Waals surface area contributed by atoms with E-state index in [1.165, 1.54) is 12.1 Å². The number of rotatable bonds is 9. The van der Waals surface area contributed by atoms with Crippen molar-refractivity contribution >= 4 is 40.0 Å². The first kappa shape index (κ1) is 26.9. The van der Waals surface area contributed by atoms with Crippen LogP contribution in [-0.4, -0.2) is 62.8 Å². The number of hydrogen-bond acceptors (Lipinski definition) is 4. The minimum atomic E-state index is -3.13. The minimum Gasteiger partial charge on any atom is -0.489 e. The van der Waals surface area contributed by atoms with Crippen molar-refractivity contribution in [3.05, 3.63) is 30.1 Å². The van der Waals surface area contributed by atoms with Crippen LogP contribution in [0.1, 0.15) is 40.0 Å². The van der Waals surface area contributed by atoms with Gasteiger partial charge in [-0.15, -0.1) is 24.0 Å². The van der Waals surface area contributed by atoms with Crippen LogP contribution in [0.2, 0.25) is 0 Å². The van der Waals surface area contributed by atoms with Crippen LogP contribution in [0.15, 0.2) is 29.3 Å². The molecule has 0 bridgehead atoms. The quantitative estimate of drug-likeness (QED) is 0.278. The molecule has 1 saturated heterocycles. The van der Waals surface area contributed by atoms with Gasteiger partial charge < -0.3 is 15.4 Å². The molecule has 1 aromatic rings. The van der Waals surface area contributed by atoms with Gasteiger partial charge in [0.05, 0.1) is 12.3 Å². The predicted molar refractivity (Wildman–Crippen MR) is 130 cm³/mol. The highest BCUT2D eigenvalue weighted by Crippen LogP contribution is 2.15. The lowest BCUT2D eigenvalue weighted by molar-refractivity contribution is 0.229. The first-order chi connectivity index (χ1) is 13.8. The first-order valence-electron chi connectivity index (χ1n) is 10.3. The summed E-state index contributed by atoms with van der Waals surface area (Å²) in [7, 11) is -3.13. The van der Waals surface area contributed by atoms with Crippen molar-refractivity contribution in [1.82, 2.24) is 14.9 Å². The van der Waals surface area contributed by atoms with Crippen molar-refractivity contribution < 1.29 is 17.5 Å². The van der Waals surface area contributed by atoms with Crippen LogP contribution < -0.4 is 15.4 Å². The number of hydrogen-bond donors (Lipinski definition) is 2. The highest BCUT2D eigenvalue weighted by atomic mass is 127. The third-order valence-electron chi connectivity index (χ3n) is 4.65. The standard InChI is InChI=1S/C20H33FN4O3S.HI/c1-4-14-29(26,27)25-12-10-18(11-13-25)24-20(22-5-2)23-15-16(3)28-19-8-6-17(21)7-9-19;/h6-9,16,18H,4-5,10-15H2,1-3H3,(H2,22,23,24);1H. The van der Waals surface area contributed by atoms with E-state index in [-0.39, 0.29) is 47.7 Å². The fourth-order valence-electron chi connectivity index (χ4n) is 3.18. The van der Waals surface area contributed by atoms with E-state index >= 15 is 0 Å². The van der Waals surface area contributed by atoms with Gasteiger partial charge in [-0.2, -0.15) is 0 Å². The average molecular weight is 556 g/mol. The summed E-state index contributed by atoms with van der Waals surface area (Å²) in [5, 5.41) is 6.62. The van der Waals surface area contributed by atoms with E-state index in [0.29, 0.717) is 37.8 Å². The Morgan fingerprint density at radius 3 is 2.47 bits per heavy atom. The van der Waals surface area contributed by atoms with Gasteiger partial charge in [0.2, 0.25) is 10.0 Å². The Morgan fingerprint density at radius 2 is 1.90 bits per heavy atom. The number of benzene rings is 1. The van der Waals surface area contributed by atoms with Crippen LogP contribution in [0.25, 0.3) is 0 Å². The van der Waals surface area contributed by atoms with Gasteiger partial charge in [-0.3, -0.25) is 0 Å². The second-order valence-electron chi connectivity index (χ2n) is 7.24. The number of sulfonamides is 1. The molecule has 1 unspecified atom stereocenters. The molecule has 1 heterocycles. The van der Waals surface area contributed by atoms with E-state index in [2.05, 4.69) is 15.6 Å². The molecule has 1 aliphatic rings. The molecule has 1 atom stereocenters. The van der Waals surface area contributed by atoms with E-state index in [1.54, 1.807) is 16.4 Å². The molecular formula is C20H34FIN4O3S. The molecule has 2 rings (SSSR count). The number of nitrogens with zero attached hydrogens (tertiary/aromatic N) is 2. The SMILES string of the molecule is CCCS(=O)(=O)N1CCC(NC(=NCC(C)Oc2ccc(F)cc2)NCC)CC1.I. The van der Waals surface area contributed by atoms with Crippen LogP contribution in [-0.2, 0) is 10.0 Å². The topological polar surface area (TPSA) is 83.0 Å². The van der Waals surface area contributed by atoms with Gasteiger partial charge in [0.25, 0.3) is 0 Å². The van der Waals surface area contributed by atoms with Gasteiger partial charge in [-0.05, 0) is 57.4 Å². The van der Waals surface area contributed by atoms with Crippen molar-refractivity contribution in [2.24, 2.45) is 4.99 Å². The van der Waals surface area contributed by atoms with Crippen molar-refractivity contribution in [1.29, 1.82) is 0 Å². The predicted octanol–water partition coefficient (Wildman–Crippen LogP) is 2.97. The van der Waals surface area contributed by atoms with Crippen LogP contribution in [0.4, 0.5) is 4.39 Å². The highest BCUT2D eigenvalue weighted by Gasteiger charge is 2.27. The average Bonchev–Trinajstić information content (AvgIpc) is 2.68. The number of nitrogens with one attached hydrogen (secondary N) is 2. The van der Waals surface area contributed by atoms with E-state index in [9.17, 15) is 12.8 Å². The zero-order valence-corrected chi connectivity index (χ0v) is 21.1. The summed E-state index contributed by atoms with van der Waals surface area (Å²) in [6.07, 6.45) is 1.96. The summed E-state index contributed by atoms with van der Waals surface area (Å²) in [6.45, 7) is 8.01.